The van der Waals surface area contributed by atoms with Crippen LogP contribution in [0.3, 0.4) is 0 Å². The molecule has 0 unspecified atom stereocenters. The van der Waals surface area contributed by atoms with Crippen molar-refractivity contribution in [3.05, 3.63) is 41.5 Å². The molecule has 0 aromatic heterocycles. The van der Waals surface area contributed by atoms with Crippen LogP contribution in [-0.4, -0.2) is 13.1 Å². The summed E-state index contributed by atoms with van der Waals surface area (Å²) in [6, 6.07) is 10.5. The maximum Gasteiger partial charge on any atom is 0.0165 e. The van der Waals surface area contributed by atoms with Crippen LogP contribution in [-0.2, 0) is 0 Å². The highest BCUT2D eigenvalue weighted by molar-refractivity contribution is 5.52. The molecule has 1 fully saturated rings. The van der Waals surface area contributed by atoms with Gasteiger partial charge in [-0.15, -0.1) is 0 Å². The maximum absolute atomic E-state index is 3.51. The molecule has 0 bridgehead atoms. The monoisotopic (exact) mass is 215 g/mol. The van der Waals surface area contributed by atoms with Crippen molar-refractivity contribution >= 4 is 6.08 Å². The zero-order valence-corrected chi connectivity index (χ0v) is 10.1. The molecule has 0 heterocycles. The van der Waals surface area contributed by atoms with Crippen LogP contribution >= 0.6 is 0 Å². The molecule has 1 saturated carbocycles. The third-order valence-electron chi connectivity index (χ3n) is 3.04. The molecule has 16 heavy (non-hydrogen) atoms. The number of hydrogen-bond acceptors (Lipinski definition) is 1. The van der Waals surface area contributed by atoms with Gasteiger partial charge in [0, 0.05) is 6.54 Å². The van der Waals surface area contributed by atoms with Crippen molar-refractivity contribution < 1.29 is 0 Å². The SMILES string of the molecule is C/C(=C/c1ccccc1)CNCCC1CC1. The smallest absolute Gasteiger partial charge is 0.0165 e. The molecule has 0 radical (unpaired) electrons. The van der Waals surface area contributed by atoms with Gasteiger partial charge in [-0.05, 0) is 31.4 Å². The zero-order valence-electron chi connectivity index (χ0n) is 10.1. The quantitative estimate of drug-likeness (QED) is 0.716. The molecule has 0 amide bonds. The number of hydrogen-bond donors (Lipinski definition) is 1. The van der Waals surface area contributed by atoms with Gasteiger partial charge < -0.3 is 5.32 Å². The molecule has 0 saturated heterocycles. The van der Waals surface area contributed by atoms with Gasteiger partial charge in [0.25, 0.3) is 0 Å². The summed E-state index contributed by atoms with van der Waals surface area (Å²) in [6.45, 7) is 4.38. The Morgan fingerprint density at radius 3 is 2.75 bits per heavy atom. The average molecular weight is 215 g/mol. The standard InChI is InChI=1S/C15H21N/c1-13(11-15-5-3-2-4-6-15)12-16-10-9-14-7-8-14/h2-6,11,14,16H,7-10,12H2,1H3/b13-11-. The fraction of sp³-hybridized carbons (Fsp3) is 0.467. The van der Waals surface area contributed by atoms with E-state index in [1.807, 2.05) is 0 Å². The minimum atomic E-state index is 1.02. The normalized spacial score (nSPS) is 16.4. The second-order valence-corrected chi connectivity index (χ2v) is 4.81. The van der Waals surface area contributed by atoms with Gasteiger partial charge in [-0.2, -0.15) is 0 Å². The molecule has 0 aliphatic heterocycles. The van der Waals surface area contributed by atoms with E-state index < -0.39 is 0 Å². The van der Waals surface area contributed by atoms with Gasteiger partial charge >= 0.3 is 0 Å². The number of rotatable bonds is 6. The Morgan fingerprint density at radius 1 is 1.31 bits per heavy atom. The summed E-state index contributed by atoms with van der Waals surface area (Å²) in [6.07, 6.45) is 6.53. The molecule has 1 nitrogen and oxygen atoms in total. The van der Waals surface area contributed by atoms with Crippen molar-refractivity contribution in [2.24, 2.45) is 5.92 Å². The van der Waals surface area contributed by atoms with Crippen LogP contribution in [0.5, 0.6) is 0 Å². The summed E-state index contributed by atoms with van der Waals surface area (Å²) >= 11 is 0. The second kappa shape index (κ2) is 5.86. The molecule has 2 rings (SSSR count). The number of nitrogens with one attached hydrogen (secondary N) is 1. The van der Waals surface area contributed by atoms with Crippen LogP contribution in [0, 0.1) is 5.92 Å². The highest BCUT2D eigenvalue weighted by atomic mass is 14.8. The van der Waals surface area contributed by atoms with E-state index in [1.54, 1.807) is 0 Å². The first kappa shape index (κ1) is 11.4. The second-order valence-electron chi connectivity index (χ2n) is 4.81. The molecule has 1 N–H and O–H groups in total. The van der Waals surface area contributed by atoms with Crippen molar-refractivity contribution in [1.29, 1.82) is 0 Å². The van der Waals surface area contributed by atoms with E-state index in [1.165, 1.54) is 36.9 Å². The predicted octanol–water partition coefficient (Wildman–Crippen LogP) is 3.48. The molecule has 86 valence electrons. The predicted molar refractivity (Wildman–Crippen MR) is 70.3 cm³/mol. The summed E-state index contributed by atoms with van der Waals surface area (Å²) in [4.78, 5) is 0. The molecule has 1 aliphatic carbocycles. The average Bonchev–Trinajstić information content (AvgIpc) is 3.10. The minimum Gasteiger partial charge on any atom is -0.313 e. The van der Waals surface area contributed by atoms with E-state index in [-0.39, 0.29) is 0 Å². The highest BCUT2D eigenvalue weighted by Gasteiger charge is 2.19. The van der Waals surface area contributed by atoms with Crippen molar-refractivity contribution in [3.8, 4) is 0 Å². The third kappa shape index (κ3) is 4.19. The van der Waals surface area contributed by atoms with Gasteiger partial charge in [0.05, 0.1) is 0 Å². The van der Waals surface area contributed by atoms with Crippen LogP contribution in [0.15, 0.2) is 35.9 Å². The Hall–Kier alpha value is -1.08. The molecule has 1 aromatic carbocycles. The molecule has 1 heteroatoms. The fourth-order valence-electron chi connectivity index (χ4n) is 1.88. The molecular weight excluding hydrogens is 194 g/mol. The summed E-state index contributed by atoms with van der Waals surface area (Å²) < 4.78 is 0. The van der Waals surface area contributed by atoms with E-state index in [2.05, 4.69) is 48.6 Å². The first-order chi connectivity index (χ1) is 7.84. The van der Waals surface area contributed by atoms with Crippen LogP contribution in [0.2, 0.25) is 0 Å². The van der Waals surface area contributed by atoms with Crippen molar-refractivity contribution in [2.75, 3.05) is 13.1 Å². The lowest BCUT2D eigenvalue weighted by Gasteiger charge is -2.04. The molecule has 1 aromatic rings. The molecular formula is C15H21N. The topological polar surface area (TPSA) is 12.0 Å². The minimum absolute atomic E-state index is 1.02. The summed E-state index contributed by atoms with van der Waals surface area (Å²) in [5.41, 5.74) is 2.70. The van der Waals surface area contributed by atoms with E-state index in [0.29, 0.717) is 0 Å². The Balaban J connectivity index is 1.69. The van der Waals surface area contributed by atoms with E-state index in [4.69, 9.17) is 0 Å². The van der Waals surface area contributed by atoms with Gasteiger partial charge in [0.2, 0.25) is 0 Å². The Labute approximate surface area is 98.6 Å². The zero-order chi connectivity index (χ0) is 11.2. The summed E-state index contributed by atoms with van der Waals surface area (Å²) in [5.74, 6) is 1.03. The van der Waals surface area contributed by atoms with Crippen LogP contribution in [0.25, 0.3) is 6.08 Å². The third-order valence-corrected chi connectivity index (χ3v) is 3.04. The lowest BCUT2D eigenvalue weighted by atomic mass is 10.1. The molecule has 1 aliphatic rings. The van der Waals surface area contributed by atoms with Crippen molar-refractivity contribution in [2.45, 2.75) is 26.2 Å². The van der Waals surface area contributed by atoms with Crippen molar-refractivity contribution in [1.82, 2.24) is 5.32 Å². The molecule has 0 atom stereocenters. The largest absolute Gasteiger partial charge is 0.313 e. The van der Waals surface area contributed by atoms with Crippen molar-refractivity contribution in [3.63, 3.8) is 0 Å². The van der Waals surface area contributed by atoms with Gasteiger partial charge in [-0.25, -0.2) is 0 Å². The number of benzene rings is 1. The first-order valence-corrected chi connectivity index (χ1v) is 6.27. The van der Waals surface area contributed by atoms with E-state index in [0.717, 1.165) is 12.5 Å². The van der Waals surface area contributed by atoms with E-state index >= 15 is 0 Å². The molecule has 0 spiro atoms. The Bertz CT molecular complexity index is 336. The highest BCUT2D eigenvalue weighted by Crippen LogP contribution is 2.31. The van der Waals surface area contributed by atoms with E-state index in [9.17, 15) is 0 Å². The van der Waals surface area contributed by atoms with Gasteiger partial charge in [0.1, 0.15) is 0 Å². The lowest BCUT2D eigenvalue weighted by Crippen LogP contribution is -2.17. The summed E-state index contributed by atoms with van der Waals surface area (Å²) in [5, 5.41) is 3.51. The van der Waals surface area contributed by atoms with Gasteiger partial charge in [-0.1, -0.05) is 54.8 Å². The Kier molecular flexibility index (Phi) is 4.17. The van der Waals surface area contributed by atoms with Crippen LogP contribution in [0.1, 0.15) is 31.7 Å². The first-order valence-electron chi connectivity index (χ1n) is 6.27. The Morgan fingerprint density at radius 2 is 2.06 bits per heavy atom. The van der Waals surface area contributed by atoms with Gasteiger partial charge in [-0.3, -0.25) is 0 Å². The van der Waals surface area contributed by atoms with Crippen LogP contribution < -0.4 is 5.32 Å². The maximum atomic E-state index is 3.51. The van der Waals surface area contributed by atoms with Gasteiger partial charge in [0.15, 0.2) is 0 Å². The summed E-state index contributed by atoms with van der Waals surface area (Å²) in [7, 11) is 0. The van der Waals surface area contributed by atoms with Crippen LogP contribution in [0.4, 0.5) is 0 Å². The fourth-order valence-corrected chi connectivity index (χ4v) is 1.88. The lowest BCUT2D eigenvalue weighted by molar-refractivity contribution is 0.637.